The molecule has 0 aromatic carbocycles. The van der Waals surface area contributed by atoms with E-state index in [1.165, 1.54) is 0 Å². The fourth-order valence-electron chi connectivity index (χ4n) is 3.04. The Morgan fingerprint density at radius 2 is 2.18 bits per heavy atom. The number of aliphatic carboxylic acids is 1. The molecular weight excluding hydrogens is 218 g/mol. The Kier molecular flexibility index (Phi) is 4.40. The van der Waals surface area contributed by atoms with Crippen molar-refractivity contribution in [2.75, 3.05) is 6.61 Å². The van der Waals surface area contributed by atoms with E-state index in [0.717, 1.165) is 45.1 Å². The monoisotopic (exact) mass is 241 g/mol. The number of hydrogen-bond acceptors (Lipinski definition) is 3. The van der Waals surface area contributed by atoms with Crippen molar-refractivity contribution < 1.29 is 14.6 Å². The van der Waals surface area contributed by atoms with Gasteiger partial charge >= 0.3 is 5.97 Å². The third-order valence-electron chi connectivity index (χ3n) is 4.04. The van der Waals surface area contributed by atoms with Gasteiger partial charge in [0, 0.05) is 18.7 Å². The highest BCUT2D eigenvalue weighted by Crippen LogP contribution is 2.25. The fraction of sp³-hybridized carbons (Fsp3) is 0.923. The Hall–Kier alpha value is -0.610. The number of carboxylic acid groups (broad SMARTS) is 1. The van der Waals surface area contributed by atoms with Gasteiger partial charge in [0.2, 0.25) is 0 Å². The first-order valence-electron chi connectivity index (χ1n) is 6.77. The van der Waals surface area contributed by atoms with Crippen LogP contribution in [0.4, 0.5) is 0 Å². The van der Waals surface area contributed by atoms with E-state index in [0.29, 0.717) is 18.2 Å². The molecule has 4 heteroatoms. The molecule has 2 rings (SSSR count). The van der Waals surface area contributed by atoms with Crippen LogP contribution in [0.1, 0.15) is 45.4 Å². The highest BCUT2D eigenvalue weighted by molar-refractivity contribution is 5.70. The first-order chi connectivity index (χ1) is 8.16. The molecule has 1 saturated heterocycles. The second-order valence-electron chi connectivity index (χ2n) is 5.41. The highest BCUT2D eigenvalue weighted by Gasteiger charge is 2.30. The summed E-state index contributed by atoms with van der Waals surface area (Å²) in [6, 6.07) is 0.694. The van der Waals surface area contributed by atoms with Gasteiger partial charge in [-0.25, -0.2) is 0 Å². The standard InChI is InChI=1S/C13H23NO3/c1-9(12-6-3-7-17-12)14-11-5-2-4-10(8-11)13(15)16/h9-12,14H,2-8H2,1H3,(H,15,16). The van der Waals surface area contributed by atoms with Gasteiger partial charge in [-0.15, -0.1) is 0 Å². The van der Waals surface area contributed by atoms with Crippen LogP contribution in [0.2, 0.25) is 0 Å². The van der Waals surface area contributed by atoms with Crippen molar-refractivity contribution in [2.45, 2.75) is 63.6 Å². The quantitative estimate of drug-likeness (QED) is 0.788. The maximum absolute atomic E-state index is 11.0. The SMILES string of the molecule is CC(NC1CCCC(C(=O)O)C1)C1CCCO1. The summed E-state index contributed by atoms with van der Waals surface area (Å²) in [6.07, 6.45) is 6.32. The molecule has 0 aromatic heterocycles. The molecule has 0 amide bonds. The summed E-state index contributed by atoms with van der Waals surface area (Å²) in [4.78, 5) is 11.0. The van der Waals surface area contributed by atoms with E-state index in [2.05, 4.69) is 12.2 Å². The van der Waals surface area contributed by atoms with Crippen LogP contribution in [0.15, 0.2) is 0 Å². The highest BCUT2D eigenvalue weighted by atomic mass is 16.5. The second kappa shape index (κ2) is 5.83. The van der Waals surface area contributed by atoms with Crippen molar-refractivity contribution >= 4 is 5.97 Å². The molecule has 98 valence electrons. The predicted octanol–water partition coefficient (Wildman–Crippen LogP) is 1.79. The molecule has 0 aromatic rings. The van der Waals surface area contributed by atoms with Gasteiger partial charge in [-0.1, -0.05) is 6.42 Å². The van der Waals surface area contributed by atoms with Crippen LogP contribution in [-0.2, 0) is 9.53 Å². The summed E-state index contributed by atoms with van der Waals surface area (Å²) in [5.74, 6) is -0.792. The number of carbonyl (C=O) groups is 1. The van der Waals surface area contributed by atoms with E-state index in [-0.39, 0.29) is 5.92 Å². The first-order valence-corrected chi connectivity index (χ1v) is 6.77. The molecule has 0 bridgehead atoms. The Labute approximate surface area is 103 Å². The van der Waals surface area contributed by atoms with Crippen molar-refractivity contribution in [3.63, 3.8) is 0 Å². The van der Waals surface area contributed by atoms with Crippen molar-refractivity contribution in [3.05, 3.63) is 0 Å². The van der Waals surface area contributed by atoms with E-state index in [4.69, 9.17) is 9.84 Å². The lowest BCUT2D eigenvalue weighted by Crippen LogP contribution is -2.46. The number of carboxylic acids is 1. The molecule has 0 spiro atoms. The zero-order valence-corrected chi connectivity index (χ0v) is 10.5. The molecule has 1 aliphatic carbocycles. The van der Waals surface area contributed by atoms with Crippen molar-refractivity contribution in [3.8, 4) is 0 Å². The maximum Gasteiger partial charge on any atom is 0.306 e. The van der Waals surface area contributed by atoms with Gasteiger partial charge in [-0.2, -0.15) is 0 Å². The van der Waals surface area contributed by atoms with Crippen LogP contribution in [-0.4, -0.2) is 35.9 Å². The van der Waals surface area contributed by atoms with E-state index in [1.807, 2.05) is 0 Å². The van der Waals surface area contributed by atoms with E-state index < -0.39 is 5.97 Å². The van der Waals surface area contributed by atoms with Crippen molar-refractivity contribution in [1.82, 2.24) is 5.32 Å². The second-order valence-corrected chi connectivity index (χ2v) is 5.41. The Balaban J connectivity index is 1.79. The fourth-order valence-corrected chi connectivity index (χ4v) is 3.04. The molecule has 2 N–H and O–H groups in total. The minimum absolute atomic E-state index is 0.155. The molecule has 4 unspecified atom stereocenters. The lowest BCUT2D eigenvalue weighted by Gasteiger charge is -2.31. The normalized spacial score (nSPS) is 35.7. The van der Waals surface area contributed by atoms with Gasteiger partial charge in [0.15, 0.2) is 0 Å². The van der Waals surface area contributed by atoms with Crippen molar-refractivity contribution in [1.29, 1.82) is 0 Å². The van der Waals surface area contributed by atoms with Gasteiger partial charge in [0.05, 0.1) is 12.0 Å². The molecular formula is C13H23NO3. The third kappa shape index (κ3) is 3.42. The lowest BCUT2D eigenvalue weighted by molar-refractivity contribution is -0.143. The van der Waals surface area contributed by atoms with Gasteiger partial charge < -0.3 is 15.2 Å². The molecule has 0 radical (unpaired) electrons. The van der Waals surface area contributed by atoms with Gasteiger partial charge in [-0.3, -0.25) is 4.79 Å². The first kappa shape index (κ1) is 12.8. The zero-order chi connectivity index (χ0) is 12.3. The van der Waals surface area contributed by atoms with Gasteiger partial charge in [-0.05, 0) is 39.0 Å². The Bertz CT molecular complexity index is 263. The molecule has 2 fully saturated rings. The molecule has 17 heavy (non-hydrogen) atoms. The van der Waals surface area contributed by atoms with Crippen LogP contribution in [0.5, 0.6) is 0 Å². The summed E-state index contributed by atoms with van der Waals surface area (Å²) in [7, 11) is 0. The van der Waals surface area contributed by atoms with Gasteiger partial charge in [0.25, 0.3) is 0 Å². The summed E-state index contributed by atoms with van der Waals surface area (Å²) < 4.78 is 5.65. The molecule has 2 aliphatic rings. The molecule has 4 nitrogen and oxygen atoms in total. The number of ether oxygens (including phenoxy) is 1. The van der Waals surface area contributed by atoms with Crippen LogP contribution in [0.3, 0.4) is 0 Å². The van der Waals surface area contributed by atoms with Crippen molar-refractivity contribution in [2.24, 2.45) is 5.92 Å². The van der Waals surface area contributed by atoms with Crippen LogP contribution >= 0.6 is 0 Å². The summed E-state index contributed by atoms with van der Waals surface area (Å²) in [6.45, 7) is 3.03. The Morgan fingerprint density at radius 1 is 1.35 bits per heavy atom. The van der Waals surface area contributed by atoms with E-state index in [1.54, 1.807) is 0 Å². The number of rotatable bonds is 4. The van der Waals surface area contributed by atoms with E-state index >= 15 is 0 Å². The smallest absolute Gasteiger partial charge is 0.306 e. The van der Waals surface area contributed by atoms with Gasteiger partial charge in [0.1, 0.15) is 0 Å². The predicted molar refractivity (Wildman–Crippen MR) is 65.0 cm³/mol. The molecule has 4 atom stereocenters. The summed E-state index contributed by atoms with van der Waals surface area (Å²) in [5, 5.41) is 12.6. The molecule has 1 aliphatic heterocycles. The average Bonchev–Trinajstić information content (AvgIpc) is 2.82. The summed E-state index contributed by atoms with van der Waals surface area (Å²) >= 11 is 0. The Morgan fingerprint density at radius 3 is 2.82 bits per heavy atom. The minimum atomic E-state index is -0.638. The topological polar surface area (TPSA) is 58.6 Å². The average molecular weight is 241 g/mol. The van der Waals surface area contributed by atoms with Crippen LogP contribution < -0.4 is 5.32 Å². The molecule has 1 saturated carbocycles. The maximum atomic E-state index is 11.0. The largest absolute Gasteiger partial charge is 0.481 e. The molecule has 1 heterocycles. The zero-order valence-electron chi connectivity index (χ0n) is 10.5. The lowest BCUT2D eigenvalue weighted by atomic mass is 9.85. The van der Waals surface area contributed by atoms with Crippen LogP contribution in [0.25, 0.3) is 0 Å². The number of hydrogen-bond donors (Lipinski definition) is 2. The third-order valence-corrected chi connectivity index (χ3v) is 4.04. The summed E-state index contributed by atoms with van der Waals surface area (Å²) in [5.41, 5.74) is 0. The van der Waals surface area contributed by atoms with Crippen LogP contribution in [0, 0.1) is 5.92 Å². The van der Waals surface area contributed by atoms with E-state index in [9.17, 15) is 4.79 Å². The number of nitrogens with one attached hydrogen (secondary N) is 1. The minimum Gasteiger partial charge on any atom is -0.481 e.